The van der Waals surface area contributed by atoms with Gasteiger partial charge in [-0.2, -0.15) is 0 Å². The van der Waals surface area contributed by atoms with Crippen molar-refractivity contribution >= 4 is 5.97 Å². The van der Waals surface area contributed by atoms with Gasteiger partial charge >= 0.3 is 5.97 Å². The molecule has 3 rings (SSSR count). The van der Waals surface area contributed by atoms with Crippen molar-refractivity contribution in [2.75, 3.05) is 7.11 Å². The van der Waals surface area contributed by atoms with Gasteiger partial charge in [-0.1, -0.05) is 42.2 Å². The molecule has 2 aromatic carbocycles. The summed E-state index contributed by atoms with van der Waals surface area (Å²) in [4.78, 5) is 11.3. The van der Waals surface area contributed by atoms with Gasteiger partial charge in [-0.05, 0) is 42.2 Å². The monoisotopic (exact) mass is 276 g/mol. The number of carbonyl (C=O) groups is 1. The molecule has 1 fully saturated rings. The Bertz CT molecular complexity index is 690. The first-order valence-electron chi connectivity index (χ1n) is 7.03. The first-order chi connectivity index (χ1) is 10.3. The zero-order chi connectivity index (χ0) is 14.7. The number of esters is 1. The Morgan fingerprint density at radius 2 is 1.81 bits per heavy atom. The van der Waals surface area contributed by atoms with Gasteiger partial charge < -0.3 is 4.74 Å². The lowest BCUT2D eigenvalue weighted by atomic mass is 10.1. The van der Waals surface area contributed by atoms with Crippen LogP contribution in [0.4, 0.5) is 0 Å². The molecule has 2 aromatic rings. The fraction of sp³-hybridized carbons (Fsp3) is 0.211. The molecule has 2 unspecified atom stereocenters. The van der Waals surface area contributed by atoms with Gasteiger partial charge in [0.05, 0.1) is 12.7 Å². The number of hydrogen-bond donors (Lipinski definition) is 0. The molecule has 1 aliphatic rings. The minimum absolute atomic E-state index is 0.319. The second-order valence-electron chi connectivity index (χ2n) is 5.20. The predicted molar refractivity (Wildman–Crippen MR) is 81.9 cm³/mol. The molecule has 0 spiro atoms. The van der Waals surface area contributed by atoms with Crippen LogP contribution in [0, 0.1) is 17.8 Å². The van der Waals surface area contributed by atoms with Crippen molar-refractivity contribution in [2.24, 2.45) is 5.92 Å². The van der Waals surface area contributed by atoms with E-state index in [1.54, 1.807) is 12.1 Å². The van der Waals surface area contributed by atoms with Gasteiger partial charge in [0, 0.05) is 11.5 Å². The van der Waals surface area contributed by atoms with Crippen LogP contribution in [-0.2, 0) is 4.74 Å². The third kappa shape index (κ3) is 3.14. The summed E-state index contributed by atoms with van der Waals surface area (Å²) in [7, 11) is 1.38. The highest BCUT2D eigenvalue weighted by Crippen LogP contribution is 2.46. The van der Waals surface area contributed by atoms with E-state index >= 15 is 0 Å². The van der Waals surface area contributed by atoms with Crippen LogP contribution in [0.1, 0.15) is 33.8 Å². The third-order valence-electron chi connectivity index (χ3n) is 3.73. The normalized spacial score (nSPS) is 19.3. The molecule has 0 N–H and O–H groups in total. The lowest BCUT2D eigenvalue weighted by molar-refractivity contribution is 0.0601. The Morgan fingerprint density at radius 1 is 1.10 bits per heavy atom. The van der Waals surface area contributed by atoms with Crippen molar-refractivity contribution in [3.63, 3.8) is 0 Å². The molecule has 1 saturated carbocycles. The van der Waals surface area contributed by atoms with Crippen LogP contribution in [0.3, 0.4) is 0 Å². The number of hydrogen-bond acceptors (Lipinski definition) is 2. The molecule has 0 radical (unpaired) electrons. The summed E-state index contributed by atoms with van der Waals surface area (Å²) >= 11 is 0. The van der Waals surface area contributed by atoms with E-state index in [2.05, 4.69) is 40.8 Å². The van der Waals surface area contributed by atoms with Gasteiger partial charge in [-0.3, -0.25) is 0 Å². The summed E-state index contributed by atoms with van der Waals surface area (Å²) in [5, 5.41) is 0. The van der Waals surface area contributed by atoms with Crippen LogP contribution in [0.5, 0.6) is 0 Å². The lowest BCUT2D eigenvalue weighted by Crippen LogP contribution is -2.00. The molecule has 0 saturated heterocycles. The molecular weight excluding hydrogens is 260 g/mol. The number of carbonyl (C=O) groups excluding carboxylic acids is 1. The van der Waals surface area contributed by atoms with Crippen molar-refractivity contribution in [1.29, 1.82) is 0 Å². The van der Waals surface area contributed by atoms with E-state index in [1.807, 2.05) is 18.2 Å². The van der Waals surface area contributed by atoms with Crippen LogP contribution in [0.2, 0.25) is 0 Å². The second-order valence-corrected chi connectivity index (χ2v) is 5.20. The molecule has 2 atom stereocenters. The molecule has 2 heteroatoms. The largest absolute Gasteiger partial charge is 0.465 e. The molecule has 0 aromatic heterocycles. The van der Waals surface area contributed by atoms with Gasteiger partial charge in [-0.15, -0.1) is 0 Å². The summed E-state index contributed by atoms with van der Waals surface area (Å²) in [5.41, 5.74) is 2.86. The second kappa shape index (κ2) is 5.85. The van der Waals surface area contributed by atoms with Crippen molar-refractivity contribution < 1.29 is 9.53 Å². The molecule has 0 heterocycles. The first kappa shape index (κ1) is 13.5. The van der Waals surface area contributed by atoms with Crippen molar-refractivity contribution in [3.8, 4) is 11.8 Å². The molecule has 0 amide bonds. The minimum Gasteiger partial charge on any atom is -0.465 e. The Hall–Kier alpha value is -2.53. The highest BCUT2D eigenvalue weighted by atomic mass is 16.5. The van der Waals surface area contributed by atoms with Crippen LogP contribution >= 0.6 is 0 Å². The van der Waals surface area contributed by atoms with E-state index in [-0.39, 0.29) is 5.97 Å². The van der Waals surface area contributed by atoms with Crippen LogP contribution in [0.25, 0.3) is 0 Å². The molecule has 2 nitrogen and oxygen atoms in total. The molecule has 1 aliphatic carbocycles. The smallest absolute Gasteiger partial charge is 0.337 e. The van der Waals surface area contributed by atoms with Crippen molar-refractivity contribution in [3.05, 3.63) is 71.3 Å². The highest BCUT2D eigenvalue weighted by Gasteiger charge is 2.36. The average molecular weight is 276 g/mol. The fourth-order valence-electron chi connectivity index (χ4n) is 2.41. The zero-order valence-corrected chi connectivity index (χ0v) is 11.9. The Labute approximate surface area is 124 Å². The predicted octanol–water partition coefficient (Wildman–Crippen LogP) is 3.63. The Morgan fingerprint density at radius 3 is 2.48 bits per heavy atom. The van der Waals surface area contributed by atoms with E-state index in [4.69, 9.17) is 0 Å². The van der Waals surface area contributed by atoms with Crippen LogP contribution in [0.15, 0.2) is 54.6 Å². The molecule has 0 bridgehead atoms. The first-order valence-corrected chi connectivity index (χ1v) is 7.03. The number of methoxy groups -OCH3 is 1. The van der Waals surface area contributed by atoms with Crippen LogP contribution in [-0.4, -0.2) is 13.1 Å². The maximum atomic E-state index is 11.3. The van der Waals surface area contributed by atoms with Crippen molar-refractivity contribution in [1.82, 2.24) is 0 Å². The van der Waals surface area contributed by atoms with Gasteiger partial charge in [0.25, 0.3) is 0 Å². The number of benzene rings is 2. The molecule has 104 valence electrons. The summed E-state index contributed by atoms with van der Waals surface area (Å²) in [5.74, 6) is 7.22. The molecule has 21 heavy (non-hydrogen) atoms. The zero-order valence-electron chi connectivity index (χ0n) is 11.9. The minimum atomic E-state index is -0.319. The van der Waals surface area contributed by atoms with Crippen molar-refractivity contribution in [2.45, 2.75) is 12.3 Å². The van der Waals surface area contributed by atoms with E-state index in [1.165, 1.54) is 12.7 Å². The summed E-state index contributed by atoms with van der Waals surface area (Å²) in [6.45, 7) is 0. The van der Waals surface area contributed by atoms with E-state index < -0.39 is 0 Å². The van der Waals surface area contributed by atoms with Gasteiger partial charge in [-0.25, -0.2) is 4.79 Å². The van der Waals surface area contributed by atoms with Gasteiger partial charge in [0.1, 0.15) is 0 Å². The maximum Gasteiger partial charge on any atom is 0.337 e. The summed E-state index contributed by atoms with van der Waals surface area (Å²) in [6, 6.07) is 17.7. The van der Waals surface area contributed by atoms with Gasteiger partial charge in [0.15, 0.2) is 0 Å². The summed E-state index contributed by atoms with van der Waals surface area (Å²) in [6.07, 6.45) is 1.14. The number of ether oxygens (including phenoxy) is 1. The third-order valence-corrected chi connectivity index (χ3v) is 3.73. The van der Waals surface area contributed by atoms with Crippen LogP contribution < -0.4 is 0 Å². The van der Waals surface area contributed by atoms with Gasteiger partial charge in [0.2, 0.25) is 0 Å². The summed E-state index contributed by atoms with van der Waals surface area (Å²) < 4.78 is 4.67. The SMILES string of the molecule is COC(=O)c1ccc(C#CC2CC2c2ccccc2)cc1. The Balaban J connectivity index is 1.65. The lowest BCUT2D eigenvalue weighted by Gasteiger charge is -1.98. The Kier molecular flexibility index (Phi) is 3.75. The standard InChI is InChI=1S/C19H16O2/c1-21-19(20)16-10-7-14(8-11-16)9-12-17-13-18(17)15-5-3-2-4-6-15/h2-8,10-11,17-18H,13H2,1H3. The number of rotatable bonds is 2. The van der Waals surface area contributed by atoms with E-state index in [9.17, 15) is 4.79 Å². The van der Waals surface area contributed by atoms with E-state index in [0.29, 0.717) is 17.4 Å². The average Bonchev–Trinajstić information content (AvgIpc) is 3.33. The molecular formula is C19H16O2. The van der Waals surface area contributed by atoms with E-state index in [0.717, 1.165) is 12.0 Å². The topological polar surface area (TPSA) is 26.3 Å². The fourth-order valence-corrected chi connectivity index (χ4v) is 2.41. The quantitative estimate of drug-likeness (QED) is 0.618. The molecule has 0 aliphatic heterocycles. The highest BCUT2D eigenvalue weighted by molar-refractivity contribution is 5.89. The maximum absolute atomic E-state index is 11.3.